The number of nitrogens with zero attached hydrogens (tertiary/aromatic N) is 2. The van der Waals surface area contributed by atoms with Gasteiger partial charge in [0.25, 0.3) is 15.8 Å². The van der Waals surface area contributed by atoms with E-state index in [1.54, 1.807) is 17.2 Å². The normalized spacial score (nSPS) is 15.8. The second kappa shape index (κ2) is 8.05. The van der Waals surface area contributed by atoms with Crippen LogP contribution in [0.4, 0.5) is 11.5 Å². The molecule has 140 valence electrons. The smallest absolute Gasteiger partial charge is 0.274 e. The van der Waals surface area contributed by atoms with Gasteiger partial charge < -0.3 is 4.90 Å². The predicted molar refractivity (Wildman–Crippen MR) is 103 cm³/mol. The monoisotopic (exact) mass is 376 g/mol. The summed E-state index contributed by atoms with van der Waals surface area (Å²) in [6.45, 7) is 9.79. The number of benzene rings is 1. The number of piperazine rings is 1. The van der Waals surface area contributed by atoms with Gasteiger partial charge in [0.1, 0.15) is 37.3 Å². The lowest BCUT2D eigenvalue weighted by molar-refractivity contribution is -0.898. The molecule has 1 aromatic carbocycles. The second-order valence-electron chi connectivity index (χ2n) is 6.51. The van der Waals surface area contributed by atoms with Crippen molar-refractivity contribution in [3.05, 3.63) is 48.7 Å². The van der Waals surface area contributed by atoms with Gasteiger partial charge in [-0.25, -0.2) is 13.4 Å². The summed E-state index contributed by atoms with van der Waals surface area (Å²) in [4.78, 5) is 7.36. The summed E-state index contributed by atoms with van der Waals surface area (Å²) in [7, 11) is -3.58. The molecule has 1 aliphatic heterocycles. The quantitative estimate of drug-likeness (QED) is 0.796. The van der Waals surface area contributed by atoms with Crippen molar-refractivity contribution < 1.29 is 18.3 Å². The molecule has 2 N–H and O–H groups in total. The topological polar surface area (TPSA) is 59.2 Å². The standard InChI is InChI=1S/C19H26N4O2S/c1-3-21-12-14-22(15-13-21)19-11-10-18(16-20-19)26(24,25)23(4-2)17-8-6-5-7-9-17/h5-11,16H,3-4,12-15H2,1-2H3/p+2. The molecule has 0 unspecified atom stereocenters. The van der Waals surface area contributed by atoms with Gasteiger partial charge in [-0.3, -0.25) is 9.21 Å². The molecule has 2 aromatic rings. The number of para-hydroxylation sites is 1. The van der Waals surface area contributed by atoms with Crippen LogP contribution < -0.4 is 19.1 Å². The highest BCUT2D eigenvalue weighted by atomic mass is 32.2. The summed E-state index contributed by atoms with van der Waals surface area (Å²) >= 11 is 0. The Balaban J connectivity index is 1.79. The summed E-state index contributed by atoms with van der Waals surface area (Å²) in [5.41, 5.74) is 0.678. The second-order valence-corrected chi connectivity index (χ2v) is 8.37. The van der Waals surface area contributed by atoms with Crippen LogP contribution in [0.1, 0.15) is 13.8 Å². The number of hydrogen-bond donors (Lipinski definition) is 1. The van der Waals surface area contributed by atoms with Gasteiger partial charge >= 0.3 is 0 Å². The molecule has 0 spiro atoms. The van der Waals surface area contributed by atoms with Crippen LogP contribution in [0.3, 0.4) is 0 Å². The Morgan fingerprint density at radius 1 is 1.08 bits per heavy atom. The number of aromatic nitrogens is 1. The van der Waals surface area contributed by atoms with Crippen molar-refractivity contribution in [3.63, 3.8) is 0 Å². The highest BCUT2D eigenvalue weighted by Gasteiger charge is 2.28. The molecule has 0 saturated carbocycles. The van der Waals surface area contributed by atoms with E-state index in [0.29, 0.717) is 12.2 Å². The van der Waals surface area contributed by atoms with E-state index in [1.807, 2.05) is 43.3 Å². The molecule has 0 atom stereocenters. The summed E-state index contributed by atoms with van der Waals surface area (Å²) < 4.78 is 27.5. The van der Waals surface area contributed by atoms with Gasteiger partial charge in [-0.1, -0.05) is 18.2 Å². The van der Waals surface area contributed by atoms with Gasteiger partial charge in [-0.2, -0.15) is 0 Å². The number of H-pyrrole nitrogens is 1. The Labute approximate surface area is 156 Å². The lowest BCUT2D eigenvalue weighted by atomic mass is 10.3. The molecule has 3 rings (SSSR count). The molecular weight excluding hydrogens is 348 g/mol. The predicted octanol–water partition coefficient (Wildman–Crippen LogP) is 0.441. The minimum Gasteiger partial charge on any atom is -0.329 e. The molecule has 1 saturated heterocycles. The van der Waals surface area contributed by atoms with Gasteiger partial charge in [0, 0.05) is 12.6 Å². The van der Waals surface area contributed by atoms with E-state index in [2.05, 4.69) is 16.8 Å². The van der Waals surface area contributed by atoms with Gasteiger partial charge in [-0.15, -0.1) is 0 Å². The van der Waals surface area contributed by atoms with Gasteiger partial charge in [-0.05, 0) is 32.0 Å². The van der Waals surface area contributed by atoms with Gasteiger partial charge in [0.05, 0.1) is 12.2 Å². The zero-order valence-corrected chi connectivity index (χ0v) is 16.3. The lowest BCUT2D eigenvalue weighted by Crippen LogP contribution is -3.14. The maximum Gasteiger partial charge on any atom is 0.274 e. The Hall–Kier alpha value is -2.12. The summed E-state index contributed by atoms with van der Waals surface area (Å²) in [5, 5.41) is 0. The Kier molecular flexibility index (Phi) is 5.78. The van der Waals surface area contributed by atoms with E-state index in [9.17, 15) is 8.42 Å². The van der Waals surface area contributed by atoms with E-state index < -0.39 is 10.0 Å². The van der Waals surface area contributed by atoms with Crippen molar-refractivity contribution in [3.8, 4) is 0 Å². The molecule has 0 aliphatic carbocycles. The SMILES string of the molecule is CCN(c1ccccc1)S(=O)(=O)c1ccc(N2CC[NH+](CC)CC2)[nH+]c1. The van der Waals surface area contributed by atoms with E-state index in [4.69, 9.17) is 0 Å². The highest BCUT2D eigenvalue weighted by Crippen LogP contribution is 2.23. The van der Waals surface area contributed by atoms with Crippen molar-refractivity contribution in [2.24, 2.45) is 0 Å². The number of aromatic amines is 1. The first-order valence-electron chi connectivity index (χ1n) is 9.24. The van der Waals surface area contributed by atoms with Crippen LogP contribution in [-0.4, -0.2) is 47.7 Å². The molecule has 1 fully saturated rings. The fourth-order valence-electron chi connectivity index (χ4n) is 3.39. The Morgan fingerprint density at radius 2 is 1.77 bits per heavy atom. The van der Waals surface area contributed by atoms with Crippen molar-refractivity contribution in [2.75, 3.05) is 48.5 Å². The van der Waals surface area contributed by atoms with Crippen LogP contribution in [0.5, 0.6) is 0 Å². The maximum atomic E-state index is 13.0. The van der Waals surface area contributed by atoms with Crippen molar-refractivity contribution in [2.45, 2.75) is 18.7 Å². The third-order valence-corrected chi connectivity index (χ3v) is 6.90. The van der Waals surface area contributed by atoms with Gasteiger partial charge in [0.2, 0.25) is 0 Å². The average Bonchev–Trinajstić information content (AvgIpc) is 2.69. The zero-order valence-electron chi connectivity index (χ0n) is 15.5. The molecular formula is C19H28N4O2S+2. The molecule has 0 radical (unpaired) electrons. The number of likely N-dealkylation sites (N-methyl/N-ethyl adjacent to an activating group) is 1. The number of anilines is 2. The van der Waals surface area contributed by atoms with E-state index in [1.165, 1.54) is 4.31 Å². The van der Waals surface area contributed by atoms with Crippen molar-refractivity contribution in [1.29, 1.82) is 0 Å². The zero-order chi connectivity index (χ0) is 18.6. The van der Waals surface area contributed by atoms with Crippen LogP contribution in [0.15, 0.2) is 53.6 Å². The minimum absolute atomic E-state index is 0.282. The van der Waals surface area contributed by atoms with E-state index in [0.717, 1.165) is 38.5 Å². The summed E-state index contributed by atoms with van der Waals surface area (Å²) in [5.74, 6) is 0.974. The van der Waals surface area contributed by atoms with Crippen molar-refractivity contribution >= 4 is 21.5 Å². The van der Waals surface area contributed by atoms with Crippen LogP contribution in [-0.2, 0) is 10.0 Å². The molecule has 26 heavy (non-hydrogen) atoms. The first-order chi connectivity index (χ1) is 12.6. The van der Waals surface area contributed by atoms with E-state index in [-0.39, 0.29) is 4.90 Å². The van der Waals surface area contributed by atoms with Crippen LogP contribution in [0.25, 0.3) is 0 Å². The van der Waals surface area contributed by atoms with Crippen LogP contribution in [0, 0.1) is 0 Å². The highest BCUT2D eigenvalue weighted by molar-refractivity contribution is 7.92. The number of quaternary nitrogens is 1. The number of rotatable bonds is 6. The first-order valence-corrected chi connectivity index (χ1v) is 10.7. The molecule has 1 aliphatic rings. The maximum absolute atomic E-state index is 13.0. The third-order valence-electron chi connectivity index (χ3n) is 5.00. The first kappa shape index (κ1) is 18.7. The summed E-state index contributed by atoms with van der Waals surface area (Å²) in [6, 6.07) is 12.8. The Bertz CT molecular complexity index is 801. The molecule has 0 amide bonds. The largest absolute Gasteiger partial charge is 0.329 e. The lowest BCUT2D eigenvalue weighted by Gasteiger charge is -2.27. The minimum atomic E-state index is -3.58. The van der Waals surface area contributed by atoms with E-state index >= 15 is 0 Å². The molecule has 6 nitrogen and oxygen atoms in total. The van der Waals surface area contributed by atoms with Crippen LogP contribution in [0.2, 0.25) is 0 Å². The molecule has 0 bridgehead atoms. The Morgan fingerprint density at radius 3 is 2.31 bits per heavy atom. The fraction of sp³-hybridized carbons (Fsp3) is 0.421. The number of nitrogens with one attached hydrogen (secondary N) is 2. The third kappa shape index (κ3) is 3.83. The fourth-order valence-corrected chi connectivity index (χ4v) is 4.83. The molecule has 7 heteroatoms. The average molecular weight is 377 g/mol. The van der Waals surface area contributed by atoms with Gasteiger partial charge in [0.15, 0.2) is 0 Å². The summed E-state index contributed by atoms with van der Waals surface area (Å²) in [6.07, 6.45) is 1.61. The number of sulfonamides is 1. The van der Waals surface area contributed by atoms with Crippen molar-refractivity contribution in [1.82, 2.24) is 0 Å². The number of pyridine rings is 1. The molecule has 2 heterocycles. The number of hydrogen-bond acceptors (Lipinski definition) is 3. The van der Waals surface area contributed by atoms with Crippen LogP contribution >= 0.6 is 0 Å². The molecule has 1 aromatic heterocycles.